The van der Waals surface area contributed by atoms with Gasteiger partial charge in [-0.3, -0.25) is 14.4 Å². The molecule has 160 valence electrons. The van der Waals surface area contributed by atoms with Gasteiger partial charge in [-0.1, -0.05) is 19.1 Å². The molecule has 0 bridgehead atoms. The summed E-state index contributed by atoms with van der Waals surface area (Å²) in [4.78, 5) is 37.6. The standard InChI is InChI=1S/C22H28N4O4/c1-4-13-23-20(27)14-26(2)15-21(28)25-19-8-6-5-7-18(19)22(29)24-16-9-11-17(30-3)12-10-16/h5-12H,4,13-15H2,1-3H3,(H,23,27)(H,24,29)(H,25,28)/p+1. The number of carbonyl (C=O) groups excluding carboxylic acids is 3. The van der Waals surface area contributed by atoms with Gasteiger partial charge in [0.05, 0.1) is 25.4 Å². The maximum absolute atomic E-state index is 12.7. The lowest BCUT2D eigenvalue weighted by molar-refractivity contribution is -0.862. The fourth-order valence-corrected chi connectivity index (χ4v) is 2.79. The average molecular weight is 413 g/mol. The number of hydrogen-bond acceptors (Lipinski definition) is 4. The number of rotatable bonds is 10. The Morgan fingerprint density at radius 1 is 0.933 bits per heavy atom. The summed E-state index contributed by atoms with van der Waals surface area (Å²) in [7, 11) is 3.34. The first kappa shape index (κ1) is 22.9. The van der Waals surface area contributed by atoms with Gasteiger partial charge >= 0.3 is 0 Å². The van der Waals surface area contributed by atoms with Crippen LogP contribution in [0.15, 0.2) is 48.5 Å². The molecule has 0 aliphatic rings. The van der Waals surface area contributed by atoms with E-state index in [9.17, 15) is 14.4 Å². The molecule has 0 aromatic heterocycles. The molecule has 0 saturated heterocycles. The van der Waals surface area contributed by atoms with Crippen molar-refractivity contribution in [3.8, 4) is 5.75 Å². The fraction of sp³-hybridized carbons (Fsp3) is 0.318. The molecule has 4 N–H and O–H groups in total. The number of para-hydroxylation sites is 1. The molecule has 0 aliphatic heterocycles. The lowest BCUT2D eigenvalue weighted by Gasteiger charge is -2.15. The van der Waals surface area contributed by atoms with E-state index in [0.29, 0.717) is 29.2 Å². The van der Waals surface area contributed by atoms with E-state index in [1.165, 1.54) is 0 Å². The van der Waals surface area contributed by atoms with Crippen LogP contribution in [0.1, 0.15) is 23.7 Å². The Labute approximate surface area is 176 Å². The van der Waals surface area contributed by atoms with Gasteiger partial charge in [0.25, 0.3) is 17.7 Å². The van der Waals surface area contributed by atoms with Gasteiger partial charge in [0.2, 0.25) is 0 Å². The minimum absolute atomic E-state index is 0.0959. The molecule has 1 unspecified atom stereocenters. The number of nitrogens with one attached hydrogen (secondary N) is 4. The Morgan fingerprint density at radius 3 is 2.27 bits per heavy atom. The van der Waals surface area contributed by atoms with Crippen LogP contribution in [0.25, 0.3) is 0 Å². The topological polar surface area (TPSA) is 101 Å². The van der Waals surface area contributed by atoms with Crippen LogP contribution < -0.4 is 25.6 Å². The maximum atomic E-state index is 12.7. The van der Waals surface area contributed by atoms with Gasteiger partial charge < -0.3 is 25.6 Å². The SMILES string of the molecule is CCCNC(=O)C[NH+](C)CC(=O)Nc1ccccc1C(=O)Nc1ccc(OC)cc1. The van der Waals surface area contributed by atoms with Crippen LogP contribution in [-0.2, 0) is 9.59 Å². The second-order valence-corrected chi connectivity index (χ2v) is 6.94. The first-order valence-electron chi connectivity index (χ1n) is 9.85. The number of likely N-dealkylation sites (N-methyl/N-ethyl adjacent to an activating group) is 1. The lowest BCUT2D eigenvalue weighted by Crippen LogP contribution is -3.11. The smallest absolute Gasteiger partial charge is 0.279 e. The van der Waals surface area contributed by atoms with E-state index in [1.807, 2.05) is 6.92 Å². The van der Waals surface area contributed by atoms with Crippen LogP contribution in [-0.4, -0.2) is 51.5 Å². The summed E-state index contributed by atoms with van der Waals surface area (Å²) < 4.78 is 5.11. The second-order valence-electron chi connectivity index (χ2n) is 6.94. The van der Waals surface area contributed by atoms with Gasteiger partial charge in [0.15, 0.2) is 13.1 Å². The van der Waals surface area contributed by atoms with Crippen LogP contribution in [0, 0.1) is 0 Å². The molecule has 0 aliphatic carbocycles. The average Bonchev–Trinajstić information content (AvgIpc) is 2.72. The summed E-state index contributed by atoms with van der Waals surface area (Å²) in [5.41, 5.74) is 1.38. The van der Waals surface area contributed by atoms with E-state index < -0.39 is 0 Å². The van der Waals surface area contributed by atoms with E-state index in [2.05, 4.69) is 16.0 Å². The highest BCUT2D eigenvalue weighted by molar-refractivity contribution is 6.10. The highest BCUT2D eigenvalue weighted by Gasteiger charge is 2.17. The number of methoxy groups -OCH3 is 1. The molecule has 0 heterocycles. The number of ether oxygens (including phenoxy) is 1. The molecule has 2 aromatic rings. The molecule has 8 nitrogen and oxygen atoms in total. The number of hydrogen-bond donors (Lipinski definition) is 4. The summed E-state index contributed by atoms with van der Waals surface area (Å²) in [6.45, 7) is 2.91. The van der Waals surface area contributed by atoms with Crippen LogP contribution in [0.3, 0.4) is 0 Å². The predicted molar refractivity (Wildman–Crippen MR) is 116 cm³/mol. The molecule has 2 aromatic carbocycles. The van der Waals surface area contributed by atoms with Gasteiger partial charge in [-0.15, -0.1) is 0 Å². The zero-order valence-electron chi connectivity index (χ0n) is 17.6. The van der Waals surface area contributed by atoms with Crippen LogP contribution >= 0.6 is 0 Å². The number of anilines is 2. The fourth-order valence-electron chi connectivity index (χ4n) is 2.79. The van der Waals surface area contributed by atoms with Crippen molar-refractivity contribution in [2.24, 2.45) is 0 Å². The molecule has 2 rings (SSSR count). The largest absolute Gasteiger partial charge is 0.497 e. The Balaban J connectivity index is 1.97. The molecule has 0 saturated carbocycles. The zero-order valence-corrected chi connectivity index (χ0v) is 17.6. The van der Waals surface area contributed by atoms with Crippen molar-refractivity contribution in [1.82, 2.24) is 5.32 Å². The quantitative estimate of drug-likeness (QED) is 0.465. The van der Waals surface area contributed by atoms with Crippen molar-refractivity contribution in [2.45, 2.75) is 13.3 Å². The molecule has 0 radical (unpaired) electrons. The highest BCUT2D eigenvalue weighted by atomic mass is 16.5. The Hall–Kier alpha value is -3.39. The lowest BCUT2D eigenvalue weighted by atomic mass is 10.1. The molecular weight excluding hydrogens is 384 g/mol. The third kappa shape index (κ3) is 7.21. The zero-order chi connectivity index (χ0) is 21.9. The summed E-state index contributed by atoms with van der Waals surface area (Å²) in [6, 6.07) is 13.8. The van der Waals surface area contributed by atoms with Gasteiger partial charge in [-0.25, -0.2) is 0 Å². The van der Waals surface area contributed by atoms with Crippen molar-refractivity contribution in [1.29, 1.82) is 0 Å². The summed E-state index contributed by atoms with van der Waals surface area (Å²) >= 11 is 0. The first-order valence-corrected chi connectivity index (χ1v) is 9.85. The van der Waals surface area contributed by atoms with Crippen LogP contribution in [0.2, 0.25) is 0 Å². The molecular formula is C22H29N4O4+. The van der Waals surface area contributed by atoms with Crippen LogP contribution in [0.5, 0.6) is 5.75 Å². The van der Waals surface area contributed by atoms with E-state index in [4.69, 9.17) is 4.74 Å². The first-order chi connectivity index (χ1) is 14.4. The molecule has 30 heavy (non-hydrogen) atoms. The van der Waals surface area contributed by atoms with Crippen molar-refractivity contribution >= 4 is 29.1 Å². The normalized spacial score (nSPS) is 11.3. The molecule has 8 heteroatoms. The van der Waals surface area contributed by atoms with Crippen LogP contribution in [0.4, 0.5) is 11.4 Å². The Bertz CT molecular complexity index is 868. The van der Waals surface area contributed by atoms with Gasteiger partial charge in [-0.05, 0) is 42.8 Å². The maximum Gasteiger partial charge on any atom is 0.279 e. The Kier molecular flexibility index (Phi) is 8.83. The predicted octanol–water partition coefficient (Wildman–Crippen LogP) is 0.927. The summed E-state index contributed by atoms with van der Waals surface area (Å²) in [5, 5.41) is 8.36. The van der Waals surface area contributed by atoms with Crippen molar-refractivity contribution in [2.75, 3.05) is 44.4 Å². The molecule has 0 spiro atoms. The van der Waals surface area contributed by atoms with Gasteiger partial charge in [0.1, 0.15) is 5.75 Å². The summed E-state index contributed by atoms with van der Waals surface area (Å²) in [6.07, 6.45) is 0.862. The number of benzene rings is 2. The second kappa shape index (κ2) is 11.6. The molecule has 3 amide bonds. The van der Waals surface area contributed by atoms with E-state index in [1.54, 1.807) is 62.7 Å². The van der Waals surface area contributed by atoms with Crippen molar-refractivity contribution in [3.05, 3.63) is 54.1 Å². The van der Waals surface area contributed by atoms with Gasteiger partial charge in [-0.2, -0.15) is 0 Å². The van der Waals surface area contributed by atoms with Crippen molar-refractivity contribution < 1.29 is 24.0 Å². The third-order valence-corrected chi connectivity index (χ3v) is 4.29. The highest BCUT2D eigenvalue weighted by Crippen LogP contribution is 2.19. The number of amides is 3. The third-order valence-electron chi connectivity index (χ3n) is 4.29. The minimum Gasteiger partial charge on any atom is -0.497 e. The van der Waals surface area contributed by atoms with Crippen molar-refractivity contribution in [3.63, 3.8) is 0 Å². The van der Waals surface area contributed by atoms with Gasteiger partial charge in [0, 0.05) is 12.2 Å². The Morgan fingerprint density at radius 2 is 1.60 bits per heavy atom. The minimum atomic E-state index is -0.337. The molecule has 0 fully saturated rings. The monoisotopic (exact) mass is 413 g/mol. The van der Waals surface area contributed by atoms with E-state index in [0.717, 1.165) is 11.3 Å². The van der Waals surface area contributed by atoms with E-state index >= 15 is 0 Å². The van der Waals surface area contributed by atoms with E-state index in [-0.39, 0.29) is 30.8 Å². The summed E-state index contributed by atoms with van der Waals surface area (Å²) in [5.74, 6) is -0.0201. The number of quaternary nitrogens is 1. The number of carbonyl (C=O) groups is 3. The molecule has 1 atom stereocenters.